The van der Waals surface area contributed by atoms with Gasteiger partial charge in [-0.3, -0.25) is 0 Å². The molecule has 17 heavy (non-hydrogen) atoms. The Labute approximate surface area is 111 Å². The molecular weight excluding hydrogens is 280 g/mol. The molecule has 0 aliphatic carbocycles. The molecule has 0 aliphatic heterocycles. The Kier molecular flexibility index (Phi) is 6.03. The second-order valence-electron chi connectivity index (χ2n) is 4.06. The molecule has 0 radical (unpaired) electrons. The number of ether oxygens (including phenoxy) is 1. The van der Waals surface area contributed by atoms with Crippen molar-refractivity contribution >= 4 is 15.9 Å². The van der Waals surface area contributed by atoms with Crippen molar-refractivity contribution in [3.05, 3.63) is 28.2 Å². The molecule has 1 atom stereocenters. The maximum Gasteiger partial charge on any atom is 0.133 e. The summed E-state index contributed by atoms with van der Waals surface area (Å²) in [6.07, 6.45) is 2.14. The van der Waals surface area contributed by atoms with Gasteiger partial charge in [0, 0.05) is 12.5 Å². The second-order valence-corrected chi connectivity index (χ2v) is 4.91. The minimum absolute atomic E-state index is 0.157. The zero-order valence-corrected chi connectivity index (χ0v) is 11.5. The quantitative estimate of drug-likeness (QED) is 0.821. The molecule has 92 valence electrons. The van der Waals surface area contributed by atoms with Crippen LogP contribution >= 0.6 is 15.9 Å². The summed E-state index contributed by atoms with van der Waals surface area (Å²) in [6.45, 7) is 2.55. The summed E-state index contributed by atoms with van der Waals surface area (Å²) in [4.78, 5) is 0. The number of hydrogen-bond donors (Lipinski definition) is 1. The van der Waals surface area contributed by atoms with Gasteiger partial charge in [0.2, 0.25) is 0 Å². The topological polar surface area (TPSA) is 59.0 Å². The van der Waals surface area contributed by atoms with Crippen molar-refractivity contribution < 1.29 is 4.74 Å². The first kappa shape index (κ1) is 14.0. The van der Waals surface area contributed by atoms with Crippen LogP contribution in [0.15, 0.2) is 22.7 Å². The van der Waals surface area contributed by atoms with E-state index in [-0.39, 0.29) is 6.04 Å². The van der Waals surface area contributed by atoms with Gasteiger partial charge in [-0.2, -0.15) is 5.26 Å². The highest BCUT2D eigenvalue weighted by Crippen LogP contribution is 2.26. The predicted molar refractivity (Wildman–Crippen MR) is 71.8 cm³/mol. The molecule has 0 spiro atoms. The lowest BCUT2D eigenvalue weighted by Crippen LogP contribution is -2.17. The molecule has 1 aromatic rings. The molecule has 4 heteroatoms. The average molecular weight is 297 g/mol. The Hall–Kier alpha value is -1.05. The van der Waals surface area contributed by atoms with Crippen LogP contribution < -0.4 is 10.5 Å². The van der Waals surface area contributed by atoms with Crippen molar-refractivity contribution in [3.63, 3.8) is 0 Å². The van der Waals surface area contributed by atoms with Crippen LogP contribution in [0.4, 0.5) is 0 Å². The number of hydrogen-bond acceptors (Lipinski definition) is 3. The molecule has 0 aromatic heterocycles. The predicted octanol–water partition coefficient (Wildman–Crippen LogP) is 3.02. The Balaban J connectivity index is 2.54. The van der Waals surface area contributed by atoms with E-state index in [4.69, 9.17) is 15.7 Å². The van der Waals surface area contributed by atoms with Crippen LogP contribution in [0.25, 0.3) is 0 Å². The monoisotopic (exact) mass is 296 g/mol. The van der Waals surface area contributed by atoms with Gasteiger partial charge in [-0.1, -0.05) is 6.07 Å². The van der Waals surface area contributed by atoms with E-state index in [9.17, 15) is 0 Å². The van der Waals surface area contributed by atoms with Gasteiger partial charge in [-0.05, 0) is 53.4 Å². The van der Waals surface area contributed by atoms with E-state index >= 15 is 0 Å². The largest absolute Gasteiger partial charge is 0.492 e. The number of nitriles is 1. The summed E-state index contributed by atoms with van der Waals surface area (Å²) < 4.78 is 6.51. The van der Waals surface area contributed by atoms with Gasteiger partial charge in [-0.15, -0.1) is 0 Å². The van der Waals surface area contributed by atoms with Crippen molar-refractivity contribution in [2.24, 2.45) is 5.73 Å². The van der Waals surface area contributed by atoms with E-state index in [0.29, 0.717) is 13.0 Å². The van der Waals surface area contributed by atoms with Crippen molar-refractivity contribution in [1.82, 2.24) is 0 Å². The number of nitrogens with zero attached hydrogens (tertiary/aromatic N) is 1. The molecule has 0 heterocycles. The van der Waals surface area contributed by atoms with Gasteiger partial charge in [-0.25, -0.2) is 0 Å². The number of rotatable bonds is 6. The van der Waals surface area contributed by atoms with Crippen LogP contribution in [0.1, 0.15) is 25.3 Å². The van der Waals surface area contributed by atoms with Gasteiger partial charge in [0.1, 0.15) is 5.75 Å². The average Bonchev–Trinajstić information content (AvgIpc) is 2.26. The summed E-state index contributed by atoms with van der Waals surface area (Å²) >= 11 is 3.48. The Morgan fingerprint density at radius 2 is 2.29 bits per heavy atom. The Morgan fingerprint density at radius 1 is 1.53 bits per heavy atom. The number of halogens is 1. The van der Waals surface area contributed by atoms with Gasteiger partial charge >= 0.3 is 0 Å². The van der Waals surface area contributed by atoms with Crippen molar-refractivity contribution in [3.8, 4) is 11.8 Å². The third-order valence-corrected chi connectivity index (χ3v) is 2.86. The standard InChI is InChI=1S/C13H17BrN2O/c1-10(16)8-11-4-5-13(12(14)9-11)17-7-3-2-6-15/h4-5,9-10H,2-3,7-8,16H2,1H3. The lowest BCUT2D eigenvalue weighted by Gasteiger charge is -2.10. The minimum atomic E-state index is 0.157. The van der Waals surface area contributed by atoms with E-state index < -0.39 is 0 Å². The number of unbranched alkanes of at least 4 members (excludes halogenated alkanes) is 1. The molecule has 1 aromatic carbocycles. The highest BCUT2D eigenvalue weighted by atomic mass is 79.9. The smallest absolute Gasteiger partial charge is 0.133 e. The molecule has 1 rings (SSSR count). The molecule has 0 saturated heterocycles. The SMILES string of the molecule is CC(N)Cc1ccc(OCCCC#N)c(Br)c1. The Bertz CT molecular complexity index is 399. The molecule has 0 fully saturated rings. The fourth-order valence-electron chi connectivity index (χ4n) is 1.49. The zero-order valence-electron chi connectivity index (χ0n) is 9.95. The maximum absolute atomic E-state index is 8.41. The van der Waals surface area contributed by atoms with E-state index in [2.05, 4.69) is 22.0 Å². The number of nitrogens with two attached hydrogens (primary N) is 1. The minimum Gasteiger partial charge on any atom is -0.492 e. The molecule has 2 N–H and O–H groups in total. The highest BCUT2D eigenvalue weighted by molar-refractivity contribution is 9.10. The van der Waals surface area contributed by atoms with Crippen LogP contribution in [-0.2, 0) is 6.42 Å². The van der Waals surface area contributed by atoms with Gasteiger partial charge < -0.3 is 10.5 Å². The fraction of sp³-hybridized carbons (Fsp3) is 0.462. The second kappa shape index (κ2) is 7.31. The highest BCUT2D eigenvalue weighted by Gasteiger charge is 2.04. The van der Waals surface area contributed by atoms with Crippen LogP contribution in [0.5, 0.6) is 5.75 Å². The van der Waals surface area contributed by atoms with E-state index in [1.54, 1.807) is 0 Å². The van der Waals surface area contributed by atoms with Gasteiger partial charge in [0.15, 0.2) is 0 Å². The molecule has 0 amide bonds. The molecule has 3 nitrogen and oxygen atoms in total. The van der Waals surface area contributed by atoms with Gasteiger partial charge in [0.25, 0.3) is 0 Å². The van der Waals surface area contributed by atoms with E-state index in [1.165, 1.54) is 5.56 Å². The first-order chi connectivity index (χ1) is 8.13. The Morgan fingerprint density at radius 3 is 2.88 bits per heavy atom. The van der Waals surface area contributed by atoms with Gasteiger partial charge in [0.05, 0.1) is 17.1 Å². The van der Waals surface area contributed by atoms with Crippen LogP contribution in [0.3, 0.4) is 0 Å². The first-order valence-electron chi connectivity index (χ1n) is 5.67. The molecule has 1 unspecified atom stereocenters. The van der Waals surface area contributed by atoms with Crippen molar-refractivity contribution in [1.29, 1.82) is 5.26 Å². The molecule has 0 bridgehead atoms. The molecule has 0 saturated carbocycles. The summed E-state index contributed by atoms with van der Waals surface area (Å²) in [5, 5.41) is 8.41. The summed E-state index contributed by atoms with van der Waals surface area (Å²) in [5.74, 6) is 0.816. The normalized spacial score (nSPS) is 11.9. The fourth-order valence-corrected chi connectivity index (χ4v) is 2.03. The van der Waals surface area contributed by atoms with Crippen molar-refractivity contribution in [2.75, 3.05) is 6.61 Å². The lowest BCUT2D eigenvalue weighted by molar-refractivity contribution is 0.310. The van der Waals surface area contributed by atoms with E-state index in [0.717, 1.165) is 23.1 Å². The maximum atomic E-state index is 8.41. The van der Waals surface area contributed by atoms with Crippen LogP contribution in [-0.4, -0.2) is 12.6 Å². The lowest BCUT2D eigenvalue weighted by atomic mass is 10.1. The zero-order chi connectivity index (χ0) is 12.7. The third-order valence-electron chi connectivity index (χ3n) is 2.24. The third kappa shape index (κ3) is 5.20. The number of benzene rings is 1. The first-order valence-corrected chi connectivity index (χ1v) is 6.46. The van der Waals surface area contributed by atoms with Crippen LogP contribution in [0, 0.1) is 11.3 Å². The van der Waals surface area contributed by atoms with Crippen LogP contribution in [0.2, 0.25) is 0 Å². The summed E-state index contributed by atoms with van der Waals surface area (Å²) in [6, 6.07) is 8.24. The molecular formula is C13H17BrN2O. The summed E-state index contributed by atoms with van der Waals surface area (Å²) in [7, 11) is 0. The van der Waals surface area contributed by atoms with Crippen molar-refractivity contribution in [2.45, 2.75) is 32.2 Å². The molecule has 0 aliphatic rings. The van der Waals surface area contributed by atoms with E-state index in [1.807, 2.05) is 25.1 Å². The summed E-state index contributed by atoms with van der Waals surface area (Å²) in [5.41, 5.74) is 6.94.